The van der Waals surface area contributed by atoms with Crippen LogP contribution in [0.2, 0.25) is 0 Å². The third-order valence-corrected chi connectivity index (χ3v) is 3.64. The fraction of sp³-hybridized carbons (Fsp3) is 1.00. The maximum atomic E-state index is 10.4. The molecular weight excluding hydrogens is 208 g/mol. The molecule has 0 aromatic carbocycles. The quantitative estimate of drug-likeness (QED) is 0.366. The van der Waals surface area contributed by atoms with Crippen molar-refractivity contribution in [3.05, 3.63) is 0 Å². The zero-order valence-corrected chi connectivity index (χ0v) is 12.2. The predicted octanol–water partition coefficient (Wildman–Crippen LogP) is 5.75. The van der Waals surface area contributed by atoms with Gasteiger partial charge in [0.2, 0.25) is 0 Å². The van der Waals surface area contributed by atoms with Gasteiger partial charge in [-0.25, -0.2) is 5.11 Å². The Labute approximate surface area is 109 Å². The van der Waals surface area contributed by atoms with Crippen LogP contribution in [0.25, 0.3) is 0 Å². The molecule has 0 rings (SSSR count). The number of hydrogen-bond donors (Lipinski definition) is 0. The van der Waals surface area contributed by atoms with Gasteiger partial charge in [-0.2, -0.15) is 0 Å². The molecule has 1 nitrogen and oxygen atoms in total. The summed E-state index contributed by atoms with van der Waals surface area (Å²) in [6.45, 7) is 4.68. The molecule has 1 unspecified atom stereocenters. The Morgan fingerprint density at radius 1 is 0.706 bits per heavy atom. The van der Waals surface area contributed by atoms with E-state index in [9.17, 15) is 5.11 Å². The Kier molecular flexibility index (Phi) is 14.0. The molecule has 0 heterocycles. The van der Waals surface area contributed by atoms with Gasteiger partial charge in [-0.3, -0.25) is 0 Å². The number of hydrogen-bond acceptors (Lipinski definition) is 0. The summed E-state index contributed by atoms with van der Waals surface area (Å²) < 4.78 is 0. The van der Waals surface area contributed by atoms with Crippen LogP contribution in [0.3, 0.4) is 0 Å². The van der Waals surface area contributed by atoms with Crippen molar-refractivity contribution in [3.63, 3.8) is 0 Å². The van der Waals surface area contributed by atoms with E-state index >= 15 is 0 Å². The third-order valence-electron chi connectivity index (χ3n) is 3.64. The van der Waals surface area contributed by atoms with Crippen molar-refractivity contribution in [2.45, 2.75) is 90.9 Å². The highest BCUT2D eigenvalue weighted by Crippen LogP contribution is 2.16. The van der Waals surface area contributed by atoms with Gasteiger partial charge in [0.15, 0.2) is 0 Å². The van der Waals surface area contributed by atoms with Crippen LogP contribution in [0.1, 0.15) is 90.9 Å². The number of rotatable bonds is 13. The van der Waals surface area contributed by atoms with E-state index in [4.69, 9.17) is 0 Å². The smallest absolute Gasteiger partial charge is 0.0822 e. The normalized spacial score (nSPS) is 12.9. The lowest BCUT2D eigenvalue weighted by Gasteiger charge is -2.09. The highest BCUT2D eigenvalue weighted by atomic mass is 16.2. The van der Waals surface area contributed by atoms with E-state index in [0.717, 1.165) is 18.8 Å². The SMILES string of the molecule is CCCCCCCCCCCC(C)CCC[O]. The van der Waals surface area contributed by atoms with Gasteiger partial charge in [-0.05, 0) is 18.8 Å². The maximum absolute atomic E-state index is 10.4. The van der Waals surface area contributed by atoms with Crippen LogP contribution < -0.4 is 0 Å². The summed E-state index contributed by atoms with van der Waals surface area (Å²) >= 11 is 0. The molecule has 0 fully saturated rings. The zero-order valence-electron chi connectivity index (χ0n) is 12.2. The molecule has 0 N–H and O–H groups in total. The Balaban J connectivity index is 3.02. The van der Waals surface area contributed by atoms with Gasteiger partial charge >= 0.3 is 0 Å². The third kappa shape index (κ3) is 13.9. The first-order chi connectivity index (χ1) is 8.31. The Hall–Kier alpha value is -0.0400. The number of unbranched alkanes of at least 4 members (excludes halogenated alkanes) is 8. The van der Waals surface area contributed by atoms with Gasteiger partial charge in [0.1, 0.15) is 0 Å². The molecule has 0 aliphatic heterocycles. The van der Waals surface area contributed by atoms with Gasteiger partial charge in [0, 0.05) is 0 Å². The van der Waals surface area contributed by atoms with Crippen molar-refractivity contribution in [2.75, 3.05) is 6.61 Å². The highest BCUT2D eigenvalue weighted by molar-refractivity contribution is 4.54. The van der Waals surface area contributed by atoms with Gasteiger partial charge < -0.3 is 0 Å². The molecule has 1 atom stereocenters. The van der Waals surface area contributed by atoms with Gasteiger partial charge in [-0.1, -0.05) is 78.1 Å². The molecule has 0 saturated heterocycles. The second-order valence-corrected chi connectivity index (χ2v) is 5.57. The molecule has 0 saturated carbocycles. The molecule has 0 spiro atoms. The van der Waals surface area contributed by atoms with Crippen molar-refractivity contribution >= 4 is 0 Å². The molecule has 103 valence electrons. The van der Waals surface area contributed by atoms with E-state index in [0.29, 0.717) is 0 Å². The van der Waals surface area contributed by atoms with Gasteiger partial charge in [0.25, 0.3) is 0 Å². The summed E-state index contributed by atoms with van der Waals surface area (Å²) in [5.41, 5.74) is 0. The first-order valence-electron chi connectivity index (χ1n) is 7.89. The average Bonchev–Trinajstić information content (AvgIpc) is 2.34. The standard InChI is InChI=1S/C16H33O/c1-3-4-5-6-7-8-9-10-11-13-16(2)14-12-15-17/h16H,3-15H2,1-2H3. The van der Waals surface area contributed by atoms with Crippen molar-refractivity contribution in [1.82, 2.24) is 0 Å². The lowest BCUT2D eigenvalue weighted by molar-refractivity contribution is 0.180. The van der Waals surface area contributed by atoms with E-state index < -0.39 is 0 Å². The molecule has 0 aromatic rings. The minimum absolute atomic E-state index is 0.113. The first-order valence-corrected chi connectivity index (χ1v) is 7.89. The largest absolute Gasteiger partial charge is 0.237 e. The molecule has 1 heteroatoms. The molecule has 0 aliphatic rings. The minimum Gasteiger partial charge on any atom is -0.237 e. The molecule has 0 aliphatic carbocycles. The molecule has 1 radical (unpaired) electrons. The summed E-state index contributed by atoms with van der Waals surface area (Å²) in [5, 5.41) is 10.4. The highest BCUT2D eigenvalue weighted by Gasteiger charge is 2.01. The molecule has 0 bridgehead atoms. The first kappa shape index (κ1) is 17.0. The Morgan fingerprint density at radius 3 is 1.71 bits per heavy atom. The van der Waals surface area contributed by atoms with Crippen LogP contribution in [0.4, 0.5) is 0 Å². The van der Waals surface area contributed by atoms with Crippen molar-refractivity contribution in [1.29, 1.82) is 0 Å². The van der Waals surface area contributed by atoms with Crippen molar-refractivity contribution < 1.29 is 5.11 Å². The van der Waals surface area contributed by atoms with E-state index in [2.05, 4.69) is 13.8 Å². The van der Waals surface area contributed by atoms with E-state index in [1.807, 2.05) is 0 Å². The predicted molar refractivity (Wildman–Crippen MR) is 75.8 cm³/mol. The van der Waals surface area contributed by atoms with E-state index in [-0.39, 0.29) is 6.61 Å². The topological polar surface area (TPSA) is 19.9 Å². The van der Waals surface area contributed by atoms with E-state index in [1.165, 1.54) is 64.2 Å². The van der Waals surface area contributed by atoms with Crippen molar-refractivity contribution in [3.8, 4) is 0 Å². The van der Waals surface area contributed by atoms with Crippen LogP contribution >= 0.6 is 0 Å². The molecule has 0 amide bonds. The monoisotopic (exact) mass is 241 g/mol. The summed E-state index contributed by atoms with van der Waals surface area (Å²) in [4.78, 5) is 0. The van der Waals surface area contributed by atoms with Crippen LogP contribution in [0.15, 0.2) is 0 Å². The molecular formula is C16H33O. The van der Waals surface area contributed by atoms with Crippen LogP contribution in [-0.2, 0) is 5.11 Å². The fourth-order valence-electron chi connectivity index (χ4n) is 2.38. The van der Waals surface area contributed by atoms with Crippen molar-refractivity contribution in [2.24, 2.45) is 5.92 Å². The molecule has 17 heavy (non-hydrogen) atoms. The lowest BCUT2D eigenvalue weighted by Crippen LogP contribution is -1.96. The van der Waals surface area contributed by atoms with Crippen LogP contribution in [0, 0.1) is 5.92 Å². The van der Waals surface area contributed by atoms with Crippen LogP contribution in [-0.4, -0.2) is 6.61 Å². The maximum Gasteiger partial charge on any atom is 0.0822 e. The van der Waals surface area contributed by atoms with E-state index in [1.54, 1.807) is 0 Å². The van der Waals surface area contributed by atoms with Gasteiger partial charge in [0.05, 0.1) is 6.61 Å². The summed E-state index contributed by atoms with van der Waals surface area (Å²) in [5.74, 6) is 0.772. The Bertz CT molecular complexity index is 133. The second kappa shape index (κ2) is 14.0. The second-order valence-electron chi connectivity index (χ2n) is 5.57. The molecule has 0 aromatic heterocycles. The minimum atomic E-state index is 0.113. The summed E-state index contributed by atoms with van der Waals surface area (Å²) in [6, 6.07) is 0. The van der Waals surface area contributed by atoms with Gasteiger partial charge in [-0.15, -0.1) is 0 Å². The average molecular weight is 241 g/mol. The zero-order chi connectivity index (χ0) is 12.8. The summed E-state index contributed by atoms with van der Waals surface area (Å²) in [7, 11) is 0. The lowest BCUT2D eigenvalue weighted by atomic mass is 9.97. The Morgan fingerprint density at radius 2 is 1.18 bits per heavy atom. The summed E-state index contributed by atoms with van der Waals surface area (Å²) in [6.07, 6.45) is 16.0. The van der Waals surface area contributed by atoms with Crippen LogP contribution in [0.5, 0.6) is 0 Å². The fourth-order valence-corrected chi connectivity index (χ4v) is 2.38.